The normalized spacial score (nSPS) is 12.2. The molecule has 0 N–H and O–H groups in total. The molecule has 76 heavy (non-hydrogen) atoms. The van der Waals surface area contributed by atoms with Crippen LogP contribution in [0.2, 0.25) is 0 Å². The molecule has 0 aromatic carbocycles. The fourth-order valence-electron chi connectivity index (χ4n) is 10.2. The first-order valence-electron chi connectivity index (χ1n) is 34.0. The minimum absolute atomic E-state index is 0.0743. The van der Waals surface area contributed by atoms with Gasteiger partial charge in [-0.05, 0) is 96.3 Å². The molecule has 6 nitrogen and oxygen atoms in total. The Morgan fingerprint density at radius 2 is 0.434 bits per heavy atom. The first-order valence-corrected chi connectivity index (χ1v) is 34.0. The maximum atomic E-state index is 12.9. The molecule has 0 amide bonds. The van der Waals surface area contributed by atoms with E-state index in [-0.39, 0.29) is 31.1 Å². The van der Waals surface area contributed by atoms with Crippen LogP contribution in [0.15, 0.2) is 36.5 Å². The van der Waals surface area contributed by atoms with E-state index in [0.717, 1.165) is 70.6 Å². The summed E-state index contributed by atoms with van der Waals surface area (Å²) in [5, 5.41) is 0. The monoisotopic (exact) mass is 1070 g/mol. The maximum absolute atomic E-state index is 12.9. The molecule has 1 atom stereocenters. The molecule has 0 aromatic rings. The summed E-state index contributed by atoms with van der Waals surface area (Å²) in [5.74, 6) is -0.867. The van der Waals surface area contributed by atoms with Crippen LogP contribution in [0.1, 0.15) is 374 Å². The van der Waals surface area contributed by atoms with Crippen molar-refractivity contribution in [1.82, 2.24) is 0 Å². The molecule has 0 aliphatic carbocycles. The summed E-state index contributed by atoms with van der Waals surface area (Å²) in [4.78, 5) is 38.3. The summed E-state index contributed by atoms with van der Waals surface area (Å²) in [6.07, 6.45) is 80.2. The van der Waals surface area contributed by atoms with Crippen LogP contribution in [0.5, 0.6) is 0 Å². The number of esters is 3. The number of hydrogen-bond acceptors (Lipinski definition) is 6. The molecule has 6 heteroatoms. The quantitative estimate of drug-likeness (QED) is 0.0261. The lowest BCUT2D eigenvalue weighted by Gasteiger charge is -2.18. The minimum atomic E-state index is -0.779. The molecule has 0 heterocycles. The molecule has 1 unspecified atom stereocenters. The van der Waals surface area contributed by atoms with Crippen LogP contribution in [-0.4, -0.2) is 37.2 Å². The fourth-order valence-corrected chi connectivity index (χ4v) is 10.2. The second kappa shape index (κ2) is 65.2. The topological polar surface area (TPSA) is 78.9 Å². The van der Waals surface area contributed by atoms with Gasteiger partial charge in [0.05, 0.1) is 0 Å². The third-order valence-corrected chi connectivity index (χ3v) is 15.3. The molecular formula is C70H130O6. The Bertz CT molecular complexity index is 1270. The average molecular weight is 1070 g/mol. The van der Waals surface area contributed by atoms with Crippen molar-refractivity contribution >= 4 is 17.9 Å². The lowest BCUT2D eigenvalue weighted by molar-refractivity contribution is -0.167. The van der Waals surface area contributed by atoms with Gasteiger partial charge in [0.1, 0.15) is 13.2 Å². The zero-order valence-electron chi connectivity index (χ0n) is 51.3. The summed E-state index contributed by atoms with van der Waals surface area (Å²) in [6.45, 7) is 6.68. The molecule has 0 saturated carbocycles. The van der Waals surface area contributed by atoms with Crippen LogP contribution in [0.4, 0.5) is 0 Å². The van der Waals surface area contributed by atoms with Crippen LogP contribution in [-0.2, 0) is 28.6 Å². The van der Waals surface area contributed by atoms with E-state index in [0.29, 0.717) is 19.3 Å². The van der Waals surface area contributed by atoms with Crippen molar-refractivity contribution < 1.29 is 28.6 Å². The summed E-state index contributed by atoms with van der Waals surface area (Å²) < 4.78 is 16.9. The Hall–Kier alpha value is -2.37. The average Bonchev–Trinajstić information content (AvgIpc) is 3.42. The second-order valence-electron chi connectivity index (χ2n) is 23.1. The van der Waals surface area contributed by atoms with Crippen LogP contribution >= 0.6 is 0 Å². The Morgan fingerprint density at radius 1 is 0.250 bits per heavy atom. The molecule has 0 aliphatic heterocycles. The van der Waals surface area contributed by atoms with E-state index in [1.807, 2.05) is 0 Å². The van der Waals surface area contributed by atoms with Crippen molar-refractivity contribution in [2.24, 2.45) is 0 Å². The summed E-state index contributed by atoms with van der Waals surface area (Å²) in [7, 11) is 0. The first kappa shape index (κ1) is 73.6. The predicted octanol–water partition coefficient (Wildman–Crippen LogP) is 23.2. The lowest BCUT2D eigenvalue weighted by atomic mass is 10.0. The van der Waals surface area contributed by atoms with Gasteiger partial charge >= 0.3 is 17.9 Å². The van der Waals surface area contributed by atoms with Crippen LogP contribution in [0.3, 0.4) is 0 Å². The van der Waals surface area contributed by atoms with E-state index in [1.54, 1.807) is 0 Å². The number of unbranched alkanes of at least 4 members (excludes halogenated alkanes) is 46. The van der Waals surface area contributed by atoms with Gasteiger partial charge in [-0.1, -0.05) is 295 Å². The first-order chi connectivity index (χ1) is 37.5. The van der Waals surface area contributed by atoms with Gasteiger partial charge < -0.3 is 14.2 Å². The van der Waals surface area contributed by atoms with E-state index in [4.69, 9.17) is 14.2 Å². The third kappa shape index (κ3) is 62.5. The predicted molar refractivity (Wildman–Crippen MR) is 330 cm³/mol. The highest BCUT2D eigenvalue weighted by Gasteiger charge is 2.19. The SMILES string of the molecule is CCCCCCCC/C=C\CCCCCCCC(=O)OCC(COC(=O)CCCCCCCCCCCCCCCCC/C=C\CCCCCCCCCC)OC(=O)CCCCCCC/C=C\CCCCCCCCC. The van der Waals surface area contributed by atoms with Gasteiger partial charge in [0, 0.05) is 19.3 Å². The van der Waals surface area contributed by atoms with Gasteiger partial charge in [-0.2, -0.15) is 0 Å². The molecular weight excluding hydrogens is 937 g/mol. The molecule has 0 aliphatic rings. The highest BCUT2D eigenvalue weighted by Crippen LogP contribution is 2.17. The van der Waals surface area contributed by atoms with E-state index >= 15 is 0 Å². The second-order valence-corrected chi connectivity index (χ2v) is 23.1. The van der Waals surface area contributed by atoms with Gasteiger partial charge in [0.15, 0.2) is 6.10 Å². The number of hydrogen-bond donors (Lipinski definition) is 0. The standard InChI is InChI=1S/C70H130O6/c1-4-7-10-13-16-19-22-25-28-30-31-32-33-34-35-36-37-38-39-40-43-45-48-51-54-57-60-63-69(72)75-66-67(65-74-68(71)62-59-56-53-50-47-44-41-27-24-21-18-15-12-9-6-3)76-70(73)64-61-58-55-52-49-46-42-29-26-23-20-17-14-11-8-5-2/h27,29-31,41-42,67H,4-26,28,32-40,43-66H2,1-3H3/b31-30-,41-27-,42-29-. The van der Waals surface area contributed by atoms with Crippen LogP contribution in [0.25, 0.3) is 0 Å². The lowest BCUT2D eigenvalue weighted by Crippen LogP contribution is -2.30. The highest BCUT2D eigenvalue weighted by atomic mass is 16.6. The number of carbonyl (C=O) groups is 3. The van der Waals surface area contributed by atoms with Crippen molar-refractivity contribution in [3.05, 3.63) is 36.5 Å². The van der Waals surface area contributed by atoms with Crippen molar-refractivity contribution in [3.8, 4) is 0 Å². The molecule has 0 radical (unpaired) electrons. The molecule has 0 saturated heterocycles. The van der Waals surface area contributed by atoms with Gasteiger partial charge in [0.2, 0.25) is 0 Å². The van der Waals surface area contributed by atoms with Crippen LogP contribution in [0, 0.1) is 0 Å². The van der Waals surface area contributed by atoms with E-state index in [2.05, 4.69) is 57.2 Å². The summed E-state index contributed by atoms with van der Waals surface area (Å²) in [5.41, 5.74) is 0. The number of allylic oxidation sites excluding steroid dienone is 6. The summed E-state index contributed by atoms with van der Waals surface area (Å²) in [6, 6.07) is 0. The smallest absolute Gasteiger partial charge is 0.306 e. The Kier molecular flexibility index (Phi) is 63.1. The van der Waals surface area contributed by atoms with Gasteiger partial charge in [-0.3, -0.25) is 14.4 Å². The molecule has 446 valence electrons. The van der Waals surface area contributed by atoms with Crippen molar-refractivity contribution in [1.29, 1.82) is 0 Å². The minimum Gasteiger partial charge on any atom is -0.462 e. The summed E-state index contributed by atoms with van der Waals surface area (Å²) >= 11 is 0. The largest absolute Gasteiger partial charge is 0.462 e. The van der Waals surface area contributed by atoms with Crippen molar-refractivity contribution in [2.45, 2.75) is 380 Å². The molecule has 0 rings (SSSR count). The highest BCUT2D eigenvalue weighted by molar-refractivity contribution is 5.71. The third-order valence-electron chi connectivity index (χ3n) is 15.3. The number of rotatable bonds is 63. The van der Waals surface area contributed by atoms with Crippen molar-refractivity contribution in [3.63, 3.8) is 0 Å². The van der Waals surface area contributed by atoms with E-state index in [9.17, 15) is 14.4 Å². The fraction of sp³-hybridized carbons (Fsp3) is 0.871. The van der Waals surface area contributed by atoms with Gasteiger partial charge in [-0.25, -0.2) is 0 Å². The van der Waals surface area contributed by atoms with E-state index < -0.39 is 6.10 Å². The van der Waals surface area contributed by atoms with Crippen LogP contribution < -0.4 is 0 Å². The molecule has 0 bridgehead atoms. The zero-order valence-corrected chi connectivity index (χ0v) is 51.3. The van der Waals surface area contributed by atoms with Gasteiger partial charge in [0.25, 0.3) is 0 Å². The van der Waals surface area contributed by atoms with Crippen molar-refractivity contribution in [2.75, 3.05) is 13.2 Å². The molecule has 0 aromatic heterocycles. The maximum Gasteiger partial charge on any atom is 0.306 e. The Morgan fingerprint density at radius 3 is 0.658 bits per heavy atom. The molecule has 0 fully saturated rings. The van der Waals surface area contributed by atoms with Gasteiger partial charge in [-0.15, -0.1) is 0 Å². The van der Waals surface area contributed by atoms with E-state index in [1.165, 1.54) is 263 Å². The zero-order chi connectivity index (χ0) is 55.0. The molecule has 0 spiro atoms. The Labute approximate surface area is 474 Å². The number of carbonyl (C=O) groups excluding carboxylic acids is 3. The Balaban J connectivity index is 4.23. The number of ether oxygens (including phenoxy) is 3.